The van der Waals surface area contributed by atoms with Crippen molar-refractivity contribution in [2.75, 3.05) is 19.5 Å². The van der Waals surface area contributed by atoms with E-state index in [1.807, 2.05) is 24.3 Å². The van der Waals surface area contributed by atoms with Crippen LogP contribution in [0, 0.1) is 5.92 Å². The van der Waals surface area contributed by atoms with Gasteiger partial charge in [0.25, 0.3) is 0 Å². The normalized spacial score (nSPS) is 23.0. The Bertz CT molecular complexity index is 942. The molecule has 0 bridgehead atoms. The van der Waals surface area contributed by atoms with E-state index in [-0.39, 0.29) is 28.5 Å². The van der Waals surface area contributed by atoms with Gasteiger partial charge in [-0.3, -0.25) is 0 Å². The van der Waals surface area contributed by atoms with Gasteiger partial charge in [0.15, 0.2) is 11.5 Å². The van der Waals surface area contributed by atoms with Crippen molar-refractivity contribution in [3.63, 3.8) is 0 Å². The maximum atomic E-state index is 13.7. The van der Waals surface area contributed by atoms with Gasteiger partial charge in [-0.05, 0) is 36.1 Å². The lowest BCUT2D eigenvalue weighted by atomic mass is 9.75. The van der Waals surface area contributed by atoms with Crippen molar-refractivity contribution in [1.29, 1.82) is 0 Å². The molecule has 3 nitrogen and oxygen atoms in total. The lowest BCUT2D eigenvalue weighted by Gasteiger charge is -2.39. The number of benzene rings is 2. The summed E-state index contributed by atoms with van der Waals surface area (Å²) in [6.45, 7) is 0. The zero-order valence-electron chi connectivity index (χ0n) is 15.3. The summed E-state index contributed by atoms with van der Waals surface area (Å²) in [6.07, 6.45) is 0.00610. The lowest BCUT2D eigenvalue weighted by Crippen LogP contribution is -2.31. The molecule has 1 heterocycles. The van der Waals surface area contributed by atoms with Crippen LogP contribution in [0.4, 0.5) is 18.9 Å². The fraction of sp³-hybridized carbons (Fsp3) is 0.333. The maximum absolute atomic E-state index is 13.7. The fourth-order valence-electron chi connectivity index (χ4n) is 4.39. The summed E-state index contributed by atoms with van der Waals surface area (Å²) < 4.78 is 52.0. The van der Waals surface area contributed by atoms with Gasteiger partial charge in [0.1, 0.15) is 0 Å². The molecule has 3 atom stereocenters. The molecular formula is C21H19ClF3NO2. The highest BCUT2D eigenvalue weighted by Gasteiger charge is 2.45. The maximum Gasteiger partial charge on any atom is 0.416 e. The average molecular weight is 410 g/mol. The van der Waals surface area contributed by atoms with Gasteiger partial charge in [-0.2, -0.15) is 13.2 Å². The molecule has 2 aliphatic rings. The molecular weight excluding hydrogens is 391 g/mol. The Kier molecular flexibility index (Phi) is 4.70. The van der Waals surface area contributed by atoms with Gasteiger partial charge >= 0.3 is 6.18 Å². The number of alkyl halides is 3. The number of para-hydroxylation sites is 1. The van der Waals surface area contributed by atoms with Gasteiger partial charge in [-0.1, -0.05) is 35.9 Å². The summed E-state index contributed by atoms with van der Waals surface area (Å²) >= 11 is 6.33. The van der Waals surface area contributed by atoms with E-state index in [9.17, 15) is 13.2 Å². The van der Waals surface area contributed by atoms with E-state index in [1.54, 1.807) is 20.3 Å². The molecule has 0 unspecified atom stereocenters. The molecule has 1 aliphatic heterocycles. The summed E-state index contributed by atoms with van der Waals surface area (Å²) in [7, 11) is 3.11. The second kappa shape index (κ2) is 6.92. The lowest BCUT2D eigenvalue weighted by molar-refractivity contribution is -0.138. The zero-order valence-corrected chi connectivity index (χ0v) is 16.1. The number of fused-ring (bicyclic) bond motifs is 3. The summed E-state index contributed by atoms with van der Waals surface area (Å²) in [5.41, 5.74) is 0.743. The third-order valence-electron chi connectivity index (χ3n) is 5.54. The molecule has 1 N–H and O–H groups in total. The Labute approximate surface area is 166 Å². The van der Waals surface area contributed by atoms with Crippen LogP contribution < -0.4 is 14.8 Å². The first-order valence-electron chi connectivity index (χ1n) is 8.90. The number of nitrogens with one attached hydrogen (secondary N) is 1. The molecule has 7 heteroatoms. The first-order valence-corrected chi connectivity index (χ1v) is 9.28. The second-order valence-electron chi connectivity index (χ2n) is 6.94. The van der Waals surface area contributed by atoms with Crippen LogP contribution in [0.2, 0.25) is 5.02 Å². The Morgan fingerprint density at radius 3 is 2.57 bits per heavy atom. The van der Waals surface area contributed by atoms with Crippen molar-refractivity contribution < 1.29 is 22.6 Å². The number of hydrogen-bond acceptors (Lipinski definition) is 3. The minimum absolute atomic E-state index is 0.0897. The number of allylic oxidation sites excluding steroid dienone is 2. The van der Waals surface area contributed by atoms with Crippen molar-refractivity contribution in [3.8, 4) is 11.5 Å². The van der Waals surface area contributed by atoms with Crippen LogP contribution in [-0.4, -0.2) is 14.2 Å². The van der Waals surface area contributed by atoms with E-state index in [0.29, 0.717) is 23.6 Å². The molecule has 28 heavy (non-hydrogen) atoms. The Balaban J connectivity index is 1.89. The van der Waals surface area contributed by atoms with Crippen molar-refractivity contribution in [2.45, 2.75) is 24.6 Å². The standard InChI is InChI=1S/C21H19ClF3NO2/c1-27-16-8-4-7-13(20(16)28-2)18-12-6-3-5-11(12)17-14(21(23,24)25)9-10-15(22)19(17)26-18/h3-5,7-12,18,26H,6H2,1-2H3/t11-,12+,18+/m0/s1. The zero-order chi connectivity index (χ0) is 20.1. The number of rotatable bonds is 3. The second-order valence-corrected chi connectivity index (χ2v) is 7.35. The van der Waals surface area contributed by atoms with Crippen LogP contribution in [-0.2, 0) is 6.18 Å². The van der Waals surface area contributed by atoms with Crippen LogP contribution in [0.15, 0.2) is 42.5 Å². The van der Waals surface area contributed by atoms with Crippen molar-refractivity contribution in [3.05, 3.63) is 64.2 Å². The van der Waals surface area contributed by atoms with Gasteiger partial charge in [0.05, 0.1) is 36.5 Å². The molecule has 0 fully saturated rings. The monoisotopic (exact) mass is 409 g/mol. The van der Waals surface area contributed by atoms with Gasteiger partial charge in [0.2, 0.25) is 0 Å². The highest BCUT2D eigenvalue weighted by atomic mass is 35.5. The van der Waals surface area contributed by atoms with Crippen molar-refractivity contribution in [1.82, 2.24) is 0 Å². The Morgan fingerprint density at radius 2 is 1.89 bits per heavy atom. The Morgan fingerprint density at radius 1 is 1.11 bits per heavy atom. The molecule has 148 valence electrons. The summed E-state index contributed by atoms with van der Waals surface area (Å²) in [6, 6.07) is 7.64. The summed E-state index contributed by atoms with van der Waals surface area (Å²) in [5.74, 6) is 0.672. The van der Waals surface area contributed by atoms with Gasteiger partial charge in [-0.25, -0.2) is 0 Å². The predicted molar refractivity (Wildman–Crippen MR) is 102 cm³/mol. The average Bonchev–Trinajstić information content (AvgIpc) is 3.16. The molecule has 0 radical (unpaired) electrons. The molecule has 0 spiro atoms. The number of ether oxygens (including phenoxy) is 2. The third kappa shape index (κ3) is 2.91. The topological polar surface area (TPSA) is 30.5 Å². The molecule has 4 rings (SSSR count). The largest absolute Gasteiger partial charge is 0.493 e. The molecule has 0 saturated carbocycles. The summed E-state index contributed by atoms with van der Waals surface area (Å²) in [5, 5.41) is 3.56. The van der Waals surface area contributed by atoms with Gasteiger partial charge in [0, 0.05) is 11.5 Å². The first-order chi connectivity index (χ1) is 13.4. The van der Waals surface area contributed by atoms with Crippen molar-refractivity contribution >= 4 is 17.3 Å². The molecule has 2 aromatic carbocycles. The van der Waals surface area contributed by atoms with E-state index < -0.39 is 11.7 Å². The van der Waals surface area contributed by atoms with E-state index >= 15 is 0 Å². The third-order valence-corrected chi connectivity index (χ3v) is 5.86. The van der Waals surface area contributed by atoms with Crippen molar-refractivity contribution in [2.24, 2.45) is 5.92 Å². The quantitative estimate of drug-likeness (QED) is 0.612. The molecule has 0 saturated heterocycles. The predicted octanol–water partition coefficient (Wildman–Crippen LogP) is 6.20. The highest BCUT2D eigenvalue weighted by molar-refractivity contribution is 6.33. The van der Waals surface area contributed by atoms with Crippen LogP contribution in [0.1, 0.15) is 35.1 Å². The van der Waals surface area contributed by atoms with Crippen LogP contribution in [0.25, 0.3) is 0 Å². The molecule has 0 amide bonds. The number of methoxy groups -OCH3 is 2. The van der Waals surface area contributed by atoms with Crippen LogP contribution in [0.3, 0.4) is 0 Å². The smallest absolute Gasteiger partial charge is 0.416 e. The highest BCUT2D eigenvalue weighted by Crippen LogP contribution is 2.56. The minimum Gasteiger partial charge on any atom is -0.493 e. The summed E-state index contributed by atoms with van der Waals surface area (Å²) in [4.78, 5) is 0. The fourth-order valence-corrected chi connectivity index (χ4v) is 4.61. The molecule has 2 aromatic rings. The van der Waals surface area contributed by atoms with E-state index in [4.69, 9.17) is 21.1 Å². The van der Waals surface area contributed by atoms with Crippen LogP contribution in [0.5, 0.6) is 11.5 Å². The Hall–Kier alpha value is -2.34. The SMILES string of the molecule is COc1cccc([C@@H]2Nc3c(Cl)ccc(C(F)(F)F)c3[C@H]3C=CC[C@H]32)c1OC. The number of anilines is 1. The van der Waals surface area contributed by atoms with E-state index in [0.717, 1.165) is 11.6 Å². The van der Waals surface area contributed by atoms with E-state index in [2.05, 4.69) is 5.32 Å². The molecule has 0 aromatic heterocycles. The number of halogens is 4. The minimum atomic E-state index is -4.45. The number of hydrogen-bond donors (Lipinski definition) is 1. The molecule has 1 aliphatic carbocycles. The van der Waals surface area contributed by atoms with Gasteiger partial charge in [-0.15, -0.1) is 0 Å². The van der Waals surface area contributed by atoms with E-state index in [1.165, 1.54) is 6.07 Å². The van der Waals surface area contributed by atoms with Crippen LogP contribution >= 0.6 is 11.6 Å². The first kappa shape index (κ1) is 19.0. The van der Waals surface area contributed by atoms with Gasteiger partial charge < -0.3 is 14.8 Å².